The molecule has 1 aromatic rings. The molecule has 1 amide bonds. The molecule has 0 saturated heterocycles. The standard InChI is InChI=1S/C12H16N2O3/c1-14(8-4-7-11(15)16)12(17)9-5-2-3-6-10(9)13/h2-3,5-6H,4,7-8,13H2,1H3,(H,15,16). The first-order valence-electron chi connectivity index (χ1n) is 5.34. The molecular weight excluding hydrogens is 220 g/mol. The van der Waals surface area contributed by atoms with Crippen LogP contribution in [0.4, 0.5) is 5.69 Å². The van der Waals surface area contributed by atoms with Crippen LogP contribution in [0.3, 0.4) is 0 Å². The summed E-state index contributed by atoms with van der Waals surface area (Å²) in [6.45, 7) is 0.402. The van der Waals surface area contributed by atoms with Crippen LogP contribution in [-0.2, 0) is 4.79 Å². The van der Waals surface area contributed by atoms with E-state index < -0.39 is 5.97 Å². The lowest BCUT2D eigenvalue weighted by molar-refractivity contribution is -0.137. The van der Waals surface area contributed by atoms with E-state index in [4.69, 9.17) is 10.8 Å². The molecule has 92 valence electrons. The van der Waals surface area contributed by atoms with Crippen molar-refractivity contribution in [1.82, 2.24) is 4.90 Å². The van der Waals surface area contributed by atoms with Gasteiger partial charge in [-0.15, -0.1) is 0 Å². The summed E-state index contributed by atoms with van der Waals surface area (Å²) in [5.41, 5.74) is 6.58. The second-order valence-electron chi connectivity index (χ2n) is 3.81. The molecule has 0 heterocycles. The number of carbonyl (C=O) groups excluding carboxylic acids is 1. The molecule has 17 heavy (non-hydrogen) atoms. The van der Waals surface area contributed by atoms with Crippen molar-refractivity contribution < 1.29 is 14.7 Å². The fraction of sp³-hybridized carbons (Fsp3) is 0.333. The average Bonchev–Trinajstić information content (AvgIpc) is 2.28. The van der Waals surface area contributed by atoms with Gasteiger partial charge in [-0.25, -0.2) is 0 Å². The number of para-hydroxylation sites is 1. The highest BCUT2D eigenvalue weighted by Gasteiger charge is 2.13. The zero-order valence-corrected chi connectivity index (χ0v) is 9.72. The van der Waals surface area contributed by atoms with Crippen LogP contribution in [0.25, 0.3) is 0 Å². The predicted octanol–water partition coefficient (Wildman–Crippen LogP) is 1.21. The highest BCUT2D eigenvalue weighted by atomic mass is 16.4. The van der Waals surface area contributed by atoms with Gasteiger partial charge in [-0.05, 0) is 18.6 Å². The minimum absolute atomic E-state index is 0.0574. The summed E-state index contributed by atoms with van der Waals surface area (Å²) in [4.78, 5) is 23.8. The molecule has 0 spiro atoms. The van der Waals surface area contributed by atoms with Crippen molar-refractivity contribution in [3.63, 3.8) is 0 Å². The summed E-state index contributed by atoms with van der Waals surface area (Å²) >= 11 is 0. The monoisotopic (exact) mass is 236 g/mol. The number of hydrogen-bond acceptors (Lipinski definition) is 3. The molecule has 0 bridgehead atoms. The van der Waals surface area contributed by atoms with Gasteiger partial charge < -0.3 is 15.7 Å². The van der Waals surface area contributed by atoms with E-state index in [-0.39, 0.29) is 12.3 Å². The third-order valence-electron chi connectivity index (χ3n) is 2.42. The smallest absolute Gasteiger partial charge is 0.303 e. The fourth-order valence-electron chi connectivity index (χ4n) is 1.47. The maximum absolute atomic E-state index is 11.9. The summed E-state index contributed by atoms with van der Waals surface area (Å²) in [6, 6.07) is 6.83. The number of anilines is 1. The number of nitrogens with zero attached hydrogens (tertiary/aromatic N) is 1. The number of carboxylic acids is 1. The Morgan fingerprint density at radius 1 is 1.35 bits per heavy atom. The van der Waals surface area contributed by atoms with Crippen LogP contribution in [0.1, 0.15) is 23.2 Å². The number of carboxylic acid groups (broad SMARTS) is 1. The molecule has 1 rings (SSSR count). The maximum Gasteiger partial charge on any atom is 0.303 e. The zero-order chi connectivity index (χ0) is 12.8. The van der Waals surface area contributed by atoms with Gasteiger partial charge in [0.1, 0.15) is 0 Å². The van der Waals surface area contributed by atoms with Crippen LogP contribution in [0, 0.1) is 0 Å². The molecule has 0 aliphatic rings. The Hall–Kier alpha value is -2.04. The Kier molecular flexibility index (Phi) is 4.51. The Morgan fingerprint density at radius 3 is 2.59 bits per heavy atom. The maximum atomic E-state index is 11.9. The molecular formula is C12H16N2O3. The second-order valence-corrected chi connectivity index (χ2v) is 3.81. The SMILES string of the molecule is CN(CCCC(=O)O)C(=O)c1ccccc1N. The topological polar surface area (TPSA) is 83.6 Å². The van der Waals surface area contributed by atoms with Crippen molar-refractivity contribution in [2.45, 2.75) is 12.8 Å². The van der Waals surface area contributed by atoms with E-state index in [1.807, 2.05) is 0 Å². The second kappa shape index (κ2) is 5.89. The van der Waals surface area contributed by atoms with E-state index in [9.17, 15) is 9.59 Å². The quantitative estimate of drug-likeness (QED) is 0.752. The van der Waals surface area contributed by atoms with E-state index in [1.54, 1.807) is 31.3 Å². The number of nitrogens with two attached hydrogens (primary N) is 1. The van der Waals surface area contributed by atoms with Crippen LogP contribution >= 0.6 is 0 Å². The van der Waals surface area contributed by atoms with Gasteiger partial charge in [-0.1, -0.05) is 12.1 Å². The minimum atomic E-state index is -0.856. The molecule has 5 heteroatoms. The van der Waals surface area contributed by atoms with Gasteiger partial charge in [0.25, 0.3) is 5.91 Å². The first kappa shape index (κ1) is 13.0. The fourth-order valence-corrected chi connectivity index (χ4v) is 1.47. The highest BCUT2D eigenvalue weighted by molar-refractivity contribution is 5.98. The molecule has 0 aromatic heterocycles. The summed E-state index contributed by atoms with van der Waals surface area (Å²) < 4.78 is 0. The Bertz CT molecular complexity index is 418. The van der Waals surface area contributed by atoms with Crippen molar-refractivity contribution in [2.75, 3.05) is 19.3 Å². The van der Waals surface area contributed by atoms with Crippen LogP contribution in [-0.4, -0.2) is 35.5 Å². The van der Waals surface area contributed by atoms with Crippen molar-refractivity contribution in [2.24, 2.45) is 0 Å². The van der Waals surface area contributed by atoms with Crippen LogP contribution in [0.2, 0.25) is 0 Å². The highest BCUT2D eigenvalue weighted by Crippen LogP contribution is 2.12. The summed E-state index contributed by atoms with van der Waals surface area (Å²) in [5, 5.41) is 8.50. The molecule has 5 nitrogen and oxygen atoms in total. The largest absolute Gasteiger partial charge is 0.481 e. The van der Waals surface area contributed by atoms with Gasteiger partial charge in [0, 0.05) is 25.7 Å². The summed E-state index contributed by atoms with van der Waals surface area (Å²) in [6.07, 6.45) is 0.492. The lowest BCUT2D eigenvalue weighted by Gasteiger charge is -2.17. The van der Waals surface area contributed by atoms with Crippen molar-refractivity contribution in [3.8, 4) is 0 Å². The Balaban J connectivity index is 2.58. The van der Waals surface area contributed by atoms with Gasteiger partial charge >= 0.3 is 5.97 Å². The van der Waals surface area contributed by atoms with Gasteiger partial charge in [0.2, 0.25) is 0 Å². The van der Waals surface area contributed by atoms with Crippen LogP contribution in [0.15, 0.2) is 24.3 Å². The Morgan fingerprint density at radius 2 is 2.00 bits per heavy atom. The van der Waals surface area contributed by atoms with Crippen LogP contribution in [0.5, 0.6) is 0 Å². The normalized spacial score (nSPS) is 9.94. The minimum Gasteiger partial charge on any atom is -0.481 e. The van der Waals surface area contributed by atoms with E-state index in [0.717, 1.165) is 0 Å². The lowest BCUT2D eigenvalue weighted by Crippen LogP contribution is -2.28. The molecule has 1 aromatic carbocycles. The first-order valence-corrected chi connectivity index (χ1v) is 5.34. The third kappa shape index (κ3) is 3.79. The van der Waals surface area contributed by atoms with Crippen molar-refractivity contribution >= 4 is 17.6 Å². The molecule has 0 saturated carbocycles. The number of benzene rings is 1. The summed E-state index contributed by atoms with van der Waals surface area (Å²) in [5.74, 6) is -1.04. The number of aliphatic carboxylic acids is 1. The lowest BCUT2D eigenvalue weighted by atomic mass is 10.1. The van der Waals surface area contributed by atoms with Crippen molar-refractivity contribution in [3.05, 3.63) is 29.8 Å². The van der Waals surface area contributed by atoms with Gasteiger partial charge in [-0.3, -0.25) is 9.59 Å². The Labute approximate surface area is 99.8 Å². The molecule has 0 radical (unpaired) electrons. The molecule has 0 aliphatic carbocycles. The van der Waals surface area contributed by atoms with E-state index >= 15 is 0 Å². The van der Waals surface area contributed by atoms with Gasteiger partial charge in [0.15, 0.2) is 0 Å². The first-order chi connectivity index (χ1) is 8.02. The predicted molar refractivity (Wildman–Crippen MR) is 64.7 cm³/mol. The third-order valence-corrected chi connectivity index (χ3v) is 2.42. The van der Waals surface area contributed by atoms with Crippen LogP contribution < -0.4 is 5.73 Å². The molecule has 3 N–H and O–H groups in total. The van der Waals surface area contributed by atoms with Gasteiger partial charge in [-0.2, -0.15) is 0 Å². The molecule has 0 unspecified atom stereocenters. The van der Waals surface area contributed by atoms with Crippen molar-refractivity contribution in [1.29, 1.82) is 0 Å². The molecule has 0 fully saturated rings. The van der Waals surface area contributed by atoms with Gasteiger partial charge in [0.05, 0.1) is 5.56 Å². The molecule has 0 aliphatic heterocycles. The zero-order valence-electron chi connectivity index (χ0n) is 9.72. The number of carbonyl (C=O) groups is 2. The number of hydrogen-bond donors (Lipinski definition) is 2. The number of amides is 1. The number of nitrogen functional groups attached to an aromatic ring is 1. The van der Waals surface area contributed by atoms with E-state index in [1.165, 1.54) is 4.90 Å². The van der Waals surface area contributed by atoms with E-state index in [2.05, 4.69) is 0 Å². The van der Waals surface area contributed by atoms with E-state index in [0.29, 0.717) is 24.2 Å². The number of rotatable bonds is 5. The molecule has 0 atom stereocenters. The average molecular weight is 236 g/mol. The summed E-state index contributed by atoms with van der Waals surface area (Å²) in [7, 11) is 1.64.